The van der Waals surface area contributed by atoms with Gasteiger partial charge >= 0.3 is 0 Å². The van der Waals surface area contributed by atoms with Crippen molar-refractivity contribution >= 4 is 5.91 Å². The summed E-state index contributed by atoms with van der Waals surface area (Å²) in [4.78, 5) is 12.4. The Morgan fingerprint density at radius 2 is 2.20 bits per heavy atom. The molecule has 1 amide bonds. The molecule has 0 aromatic heterocycles. The molecule has 106 valence electrons. The van der Waals surface area contributed by atoms with Gasteiger partial charge in [-0.3, -0.25) is 4.79 Å². The van der Waals surface area contributed by atoms with Crippen molar-refractivity contribution in [3.63, 3.8) is 0 Å². The van der Waals surface area contributed by atoms with Crippen LogP contribution in [-0.2, 0) is 0 Å². The third-order valence-corrected chi connectivity index (χ3v) is 3.70. The smallest absolute Gasteiger partial charge is 0.252 e. The molecular formula is C17H21NO2. The van der Waals surface area contributed by atoms with Crippen LogP contribution in [0.15, 0.2) is 18.2 Å². The Hall–Kier alpha value is -1.79. The lowest BCUT2D eigenvalue weighted by molar-refractivity contribution is 0.0946. The van der Waals surface area contributed by atoms with E-state index >= 15 is 0 Å². The van der Waals surface area contributed by atoms with Crippen molar-refractivity contribution in [2.45, 2.75) is 39.7 Å². The van der Waals surface area contributed by atoms with Crippen LogP contribution in [0, 0.1) is 24.2 Å². The molecule has 2 rings (SSSR count). The summed E-state index contributed by atoms with van der Waals surface area (Å²) in [5.74, 6) is 5.78. The first-order chi connectivity index (χ1) is 9.44. The molecule has 1 saturated carbocycles. The summed E-state index contributed by atoms with van der Waals surface area (Å²) in [6, 6.07) is 5.94. The summed E-state index contributed by atoms with van der Waals surface area (Å²) in [7, 11) is 0. The molecule has 1 aliphatic rings. The minimum Gasteiger partial charge on any atom is -0.395 e. The lowest BCUT2D eigenvalue weighted by Gasteiger charge is -2.09. The van der Waals surface area contributed by atoms with E-state index in [1.807, 2.05) is 25.1 Å². The van der Waals surface area contributed by atoms with E-state index in [0.29, 0.717) is 12.0 Å². The number of nitrogens with one attached hydrogen (secondary N) is 1. The van der Waals surface area contributed by atoms with E-state index in [1.165, 1.54) is 0 Å². The molecule has 20 heavy (non-hydrogen) atoms. The number of benzene rings is 1. The van der Waals surface area contributed by atoms with Crippen molar-refractivity contribution in [3.05, 3.63) is 34.9 Å². The van der Waals surface area contributed by atoms with Crippen LogP contribution in [-0.4, -0.2) is 23.7 Å². The number of hydrogen-bond donors (Lipinski definition) is 2. The molecule has 3 nitrogen and oxygen atoms in total. The van der Waals surface area contributed by atoms with Crippen molar-refractivity contribution in [1.29, 1.82) is 0 Å². The van der Waals surface area contributed by atoms with Crippen molar-refractivity contribution in [3.8, 4) is 11.8 Å². The zero-order chi connectivity index (χ0) is 14.8. The largest absolute Gasteiger partial charge is 0.395 e. The minimum atomic E-state index is -0.0578. The molecule has 0 spiro atoms. The van der Waals surface area contributed by atoms with Crippen LogP contribution in [0.3, 0.4) is 0 Å². The average Bonchev–Trinajstić information content (AvgIpc) is 2.98. The highest BCUT2D eigenvalue weighted by Gasteiger charge is 2.46. The number of aliphatic hydroxyl groups excluding tert-OH is 1. The van der Waals surface area contributed by atoms with Gasteiger partial charge in [0.2, 0.25) is 0 Å². The summed E-state index contributed by atoms with van der Waals surface area (Å²) in [5.41, 5.74) is 2.60. The number of carbonyl (C=O) groups excluding carboxylic acids is 1. The van der Waals surface area contributed by atoms with Gasteiger partial charge in [0, 0.05) is 18.0 Å². The summed E-state index contributed by atoms with van der Waals surface area (Å²) in [5, 5.41) is 11.8. The predicted octanol–water partition coefficient (Wildman–Crippen LogP) is 2.26. The summed E-state index contributed by atoms with van der Waals surface area (Å²) in [6.45, 7) is 6.30. The zero-order valence-corrected chi connectivity index (χ0v) is 12.3. The lowest BCUT2D eigenvalue weighted by atomic mass is 10.0. The molecule has 1 unspecified atom stereocenters. The van der Waals surface area contributed by atoms with Gasteiger partial charge < -0.3 is 10.4 Å². The van der Waals surface area contributed by atoms with Gasteiger partial charge in [-0.15, -0.1) is 0 Å². The first-order valence-electron chi connectivity index (χ1n) is 6.95. The maximum atomic E-state index is 12.4. The number of amides is 1. The maximum Gasteiger partial charge on any atom is 0.252 e. The van der Waals surface area contributed by atoms with E-state index in [-0.39, 0.29) is 24.0 Å². The van der Waals surface area contributed by atoms with Gasteiger partial charge in [-0.05, 0) is 30.9 Å². The minimum absolute atomic E-state index is 0.0383. The Morgan fingerprint density at radius 3 is 2.80 bits per heavy atom. The Balaban J connectivity index is 2.19. The predicted molar refractivity (Wildman–Crippen MR) is 79.4 cm³/mol. The van der Waals surface area contributed by atoms with Crippen LogP contribution in [0.2, 0.25) is 0 Å². The Labute approximate surface area is 120 Å². The van der Waals surface area contributed by atoms with Crippen LogP contribution in [0.1, 0.15) is 48.2 Å². The van der Waals surface area contributed by atoms with Gasteiger partial charge in [-0.2, -0.15) is 0 Å². The fraction of sp³-hybridized carbons (Fsp3) is 0.471. The van der Waals surface area contributed by atoms with Crippen LogP contribution in [0.25, 0.3) is 0 Å². The SMILES string of the molecule is Cc1ccc(C#CCCO)c(C(=O)NC2CC2(C)C)c1. The third-order valence-electron chi connectivity index (χ3n) is 3.70. The highest BCUT2D eigenvalue weighted by atomic mass is 16.2. The second-order valence-corrected chi connectivity index (χ2v) is 6.04. The molecule has 0 bridgehead atoms. The highest BCUT2D eigenvalue weighted by molar-refractivity contribution is 5.97. The van der Waals surface area contributed by atoms with Crippen molar-refractivity contribution in [1.82, 2.24) is 5.32 Å². The van der Waals surface area contributed by atoms with Crippen LogP contribution >= 0.6 is 0 Å². The molecule has 0 heterocycles. The average molecular weight is 271 g/mol. The number of aryl methyl sites for hydroxylation is 1. The van der Waals surface area contributed by atoms with E-state index in [9.17, 15) is 4.79 Å². The van der Waals surface area contributed by atoms with E-state index in [1.54, 1.807) is 0 Å². The fourth-order valence-electron chi connectivity index (χ4n) is 2.12. The van der Waals surface area contributed by atoms with E-state index in [0.717, 1.165) is 17.5 Å². The van der Waals surface area contributed by atoms with E-state index < -0.39 is 0 Å². The molecule has 0 saturated heterocycles. The van der Waals surface area contributed by atoms with Crippen LogP contribution < -0.4 is 5.32 Å². The fourth-order valence-corrected chi connectivity index (χ4v) is 2.12. The zero-order valence-electron chi connectivity index (χ0n) is 12.3. The molecule has 2 N–H and O–H groups in total. The monoisotopic (exact) mass is 271 g/mol. The standard InChI is InChI=1S/C17H21NO2/c1-12-7-8-13(6-4-5-9-19)14(10-12)16(20)18-15-11-17(15,2)3/h7-8,10,15,19H,5,9,11H2,1-3H3,(H,18,20). The normalized spacial score (nSPS) is 18.9. The quantitative estimate of drug-likeness (QED) is 0.828. The van der Waals surface area contributed by atoms with Crippen molar-refractivity contribution in [2.24, 2.45) is 5.41 Å². The van der Waals surface area contributed by atoms with Gasteiger partial charge in [0.25, 0.3) is 5.91 Å². The molecule has 1 atom stereocenters. The Bertz CT molecular complexity index is 578. The molecule has 1 aliphatic carbocycles. The summed E-state index contributed by atoms with van der Waals surface area (Å²) < 4.78 is 0. The van der Waals surface area contributed by atoms with E-state index in [2.05, 4.69) is 31.0 Å². The molecule has 3 heteroatoms. The molecule has 1 aromatic carbocycles. The second-order valence-electron chi connectivity index (χ2n) is 6.04. The first kappa shape index (κ1) is 14.6. The van der Waals surface area contributed by atoms with Gasteiger partial charge in [0.05, 0.1) is 12.2 Å². The van der Waals surface area contributed by atoms with Gasteiger partial charge in [0.1, 0.15) is 0 Å². The number of carbonyl (C=O) groups is 1. The summed E-state index contributed by atoms with van der Waals surface area (Å²) >= 11 is 0. The Morgan fingerprint density at radius 1 is 1.50 bits per heavy atom. The van der Waals surface area contributed by atoms with Gasteiger partial charge in [0.15, 0.2) is 0 Å². The number of rotatable bonds is 3. The topological polar surface area (TPSA) is 49.3 Å². The number of aliphatic hydroxyl groups is 1. The van der Waals surface area contributed by atoms with E-state index in [4.69, 9.17) is 5.11 Å². The van der Waals surface area contributed by atoms with Gasteiger partial charge in [-0.1, -0.05) is 37.3 Å². The van der Waals surface area contributed by atoms with Gasteiger partial charge in [-0.25, -0.2) is 0 Å². The van der Waals surface area contributed by atoms with Crippen LogP contribution in [0.5, 0.6) is 0 Å². The second kappa shape index (κ2) is 5.68. The molecule has 0 radical (unpaired) electrons. The molecule has 1 aromatic rings. The maximum absolute atomic E-state index is 12.4. The number of hydrogen-bond acceptors (Lipinski definition) is 2. The molecular weight excluding hydrogens is 250 g/mol. The first-order valence-corrected chi connectivity index (χ1v) is 6.95. The van der Waals surface area contributed by atoms with Crippen LogP contribution in [0.4, 0.5) is 0 Å². The summed E-state index contributed by atoms with van der Waals surface area (Å²) in [6.07, 6.45) is 1.45. The lowest BCUT2D eigenvalue weighted by Crippen LogP contribution is -2.29. The van der Waals surface area contributed by atoms with Crippen molar-refractivity contribution < 1.29 is 9.90 Å². The molecule has 1 fully saturated rings. The van der Waals surface area contributed by atoms with Crippen molar-refractivity contribution in [2.75, 3.05) is 6.61 Å². The Kier molecular flexibility index (Phi) is 4.15. The molecule has 0 aliphatic heterocycles. The third kappa shape index (κ3) is 3.40. The highest BCUT2D eigenvalue weighted by Crippen LogP contribution is 2.44.